The number of thiophene rings is 1. The summed E-state index contributed by atoms with van der Waals surface area (Å²) < 4.78 is 38.4. The van der Waals surface area contributed by atoms with E-state index < -0.39 is 15.3 Å². The molecule has 2 aromatic carbocycles. The van der Waals surface area contributed by atoms with E-state index in [2.05, 4.69) is 16.3 Å². The average Bonchev–Trinajstić information content (AvgIpc) is 3.22. The lowest BCUT2D eigenvalue weighted by Gasteiger charge is -2.27. The van der Waals surface area contributed by atoms with Crippen molar-refractivity contribution < 1.29 is 17.6 Å². The molecule has 1 N–H and O–H groups in total. The van der Waals surface area contributed by atoms with Crippen LogP contribution in [0, 0.1) is 17.1 Å². The standard InChI is InChI=1S/C27H26FN3O3S2/c1-27(2)16-36(33,34)24-7-6-17(11-22(24)27)12-25(32)30-26-20(13-29)21-15-31(9-8-23(21)35-26)14-18-4-3-5-19(28)10-18/h3-7,10-11H,8-9,12,14-16H2,1-2H3,(H,30,32). The molecule has 6 nitrogen and oxygen atoms in total. The highest BCUT2D eigenvalue weighted by Gasteiger charge is 2.40. The number of carbonyl (C=O) groups is 1. The monoisotopic (exact) mass is 523 g/mol. The maximum absolute atomic E-state index is 13.6. The first-order valence-electron chi connectivity index (χ1n) is 11.7. The van der Waals surface area contributed by atoms with Gasteiger partial charge in [0, 0.05) is 35.5 Å². The molecule has 2 aliphatic rings. The second-order valence-electron chi connectivity index (χ2n) is 10.1. The maximum atomic E-state index is 13.6. The van der Waals surface area contributed by atoms with Gasteiger partial charge >= 0.3 is 0 Å². The van der Waals surface area contributed by atoms with Crippen LogP contribution in [0.2, 0.25) is 0 Å². The number of nitriles is 1. The van der Waals surface area contributed by atoms with E-state index in [1.54, 1.807) is 18.2 Å². The van der Waals surface area contributed by atoms with Gasteiger partial charge < -0.3 is 5.32 Å². The number of hydrogen-bond acceptors (Lipinski definition) is 6. The molecular formula is C27H26FN3O3S2. The van der Waals surface area contributed by atoms with Crippen LogP contribution < -0.4 is 5.32 Å². The third-order valence-electron chi connectivity index (χ3n) is 6.81. The predicted molar refractivity (Wildman–Crippen MR) is 137 cm³/mol. The molecule has 0 bridgehead atoms. The van der Waals surface area contributed by atoms with Crippen molar-refractivity contribution in [1.82, 2.24) is 4.90 Å². The van der Waals surface area contributed by atoms with E-state index in [0.29, 0.717) is 28.5 Å². The highest BCUT2D eigenvalue weighted by atomic mass is 32.2. The number of sulfone groups is 1. The zero-order chi connectivity index (χ0) is 25.7. The third-order valence-corrected chi connectivity index (χ3v) is 10.1. The summed E-state index contributed by atoms with van der Waals surface area (Å²) >= 11 is 1.44. The fourth-order valence-electron chi connectivity index (χ4n) is 5.15. The van der Waals surface area contributed by atoms with Gasteiger partial charge in [-0.25, -0.2) is 12.8 Å². The van der Waals surface area contributed by atoms with Gasteiger partial charge in [-0.2, -0.15) is 5.26 Å². The van der Waals surface area contributed by atoms with Gasteiger partial charge in [-0.1, -0.05) is 38.1 Å². The van der Waals surface area contributed by atoms with Crippen LogP contribution in [0.1, 0.15) is 46.5 Å². The summed E-state index contributed by atoms with van der Waals surface area (Å²) in [5, 5.41) is 13.3. The Morgan fingerprint density at radius 2 is 2.03 bits per heavy atom. The molecule has 0 atom stereocenters. The Balaban J connectivity index is 1.31. The number of halogens is 1. The lowest BCUT2D eigenvalue weighted by molar-refractivity contribution is -0.115. The first-order chi connectivity index (χ1) is 17.1. The molecular weight excluding hydrogens is 497 g/mol. The summed E-state index contributed by atoms with van der Waals surface area (Å²) in [6.07, 6.45) is 0.844. The maximum Gasteiger partial charge on any atom is 0.229 e. The topological polar surface area (TPSA) is 90.3 Å². The molecule has 2 aliphatic heterocycles. The number of anilines is 1. The molecule has 0 fully saturated rings. The number of rotatable bonds is 5. The summed E-state index contributed by atoms with van der Waals surface area (Å²) in [6.45, 7) is 5.73. The number of benzene rings is 2. The number of hydrogen-bond donors (Lipinski definition) is 1. The Kier molecular flexibility index (Phi) is 6.23. The lowest BCUT2D eigenvalue weighted by atomic mass is 9.86. The number of nitrogens with zero attached hydrogens (tertiary/aromatic N) is 2. The molecule has 0 radical (unpaired) electrons. The van der Waals surface area contributed by atoms with Crippen molar-refractivity contribution in [3.8, 4) is 6.07 Å². The van der Waals surface area contributed by atoms with Crippen LogP contribution in [0.3, 0.4) is 0 Å². The van der Waals surface area contributed by atoms with Gasteiger partial charge in [0.1, 0.15) is 16.9 Å². The van der Waals surface area contributed by atoms with E-state index in [1.807, 2.05) is 26.0 Å². The van der Waals surface area contributed by atoms with Crippen LogP contribution in [0.25, 0.3) is 0 Å². The first kappa shape index (κ1) is 24.6. The molecule has 0 spiro atoms. The van der Waals surface area contributed by atoms with Crippen molar-refractivity contribution in [1.29, 1.82) is 5.26 Å². The number of nitrogens with one attached hydrogen (secondary N) is 1. The summed E-state index contributed by atoms with van der Waals surface area (Å²) in [5.41, 5.74) is 3.26. The molecule has 36 heavy (non-hydrogen) atoms. The molecule has 5 rings (SSSR count). The van der Waals surface area contributed by atoms with Gasteiger partial charge in [-0.05, 0) is 41.3 Å². The van der Waals surface area contributed by atoms with Crippen LogP contribution in [0.5, 0.6) is 0 Å². The number of amides is 1. The van der Waals surface area contributed by atoms with Gasteiger partial charge in [0.05, 0.1) is 22.6 Å². The predicted octanol–water partition coefficient (Wildman–Crippen LogP) is 4.56. The van der Waals surface area contributed by atoms with Gasteiger partial charge in [-0.15, -0.1) is 11.3 Å². The van der Waals surface area contributed by atoms with E-state index in [4.69, 9.17) is 0 Å². The molecule has 186 valence electrons. The number of carbonyl (C=O) groups excluding carboxylic acids is 1. The van der Waals surface area contributed by atoms with Crippen molar-refractivity contribution >= 4 is 32.1 Å². The Hall–Kier alpha value is -3.06. The van der Waals surface area contributed by atoms with Gasteiger partial charge in [-0.3, -0.25) is 9.69 Å². The van der Waals surface area contributed by atoms with Crippen LogP contribution in [-0.4, -0.2) is 31.5 Å². The molecule has 3 aromatic rings. The second kappa shape index (κ2) is 9.11. The Morgan fingerprint density at radius 3 is 2.78 bits per heavy atom. The summed E-state index contributed by atoms with van der Waals surface area (Å²) in [7, 11) is -3.30. The highest BCUT2D eigenvalue weighted by molar-refractivity contribution is 7.91. The molecule has 1 aromatic heterocycles. The second-order valence-corrected chi connectivity index (χ2v) is 13.2. The summed E-state index contributed by atoms with van der Waals surface area (Å²) in [5.74, 6) is -0.453. The lowest BCUT2D eigenvalue weighted by Crippen LogP contribution is -2.29. The first-order valence-corrected chi connectivity index (χ1v) is 14.2. The Morgan fingerprint density at radius 1 is 1.22 bits per heavy atom. The highest BCUT2D eigenvalue weighted by Crippen LogP contribution is 2.40. The van der Waals surface area contributed by atoms with Crippen molar-refractivity contribution in [2.45, 2.75) is 50.1 Å². The smallest absolute Gasteiger partial charge is 0.229 e. The van der Waals surface area contributed by atoms with E-state index in [-0.39, 0.29) is 23.9 Å². The Labute approximate surface area is 214 Å². The fourth-order valence-corrected chi connectivity index (χ4v) is 8.52. The molecule has 1 amide bonds. The fraction of sp³-hybridized carbons (Fsp3) is 0.333. The Bertz CT molecular complexity index is 1520. The summed E-state index contributed by atoms with van der Waals surface area (Å²) in [6, 6.07) is 13.9. The van der Waals surface area contributed by atoms with Crippen LogP contribution in [-0.2, 0) is 46.0 Å². The average molecular weight is 524 g/mol. The zero-order valence-corrected chi connectivity index (χ0v) is 21.7. The molecule has 9 heteroatoms. The van der Waals surface area contributed by atoms with Crippen LogP contribution in [0.15, 0.2) is 47.4 Å². The van der Waals surface area contributed by atoms with E-state index in [9.17, 15) is 22.9 Å². The molecule has 3 heterocycles. The van der Waals surface area contributed by atoms with Gasteiger partial charge in [0.25, 0.3) is 0 Å². The molecule has 0 saturated carbocycles. The molecule has 0 aliphatic carbocycles. The van der Waals surface area contributed by atoms with Crippen LogP contribution >= 0.6 is 11.3 Å². The van der Waals surface area contributed by atoms with Crippen LogP contribution in [0.4, 0.5) is 9.39 Å². The quantitative estimate of drug-likeness (QED) is 0.529. The normalized spacial score (nSPS) is 17.7. The molecule has 0 saturated heterocycles. The zero-order valence-electron chi connectivity index (χ0n) is 20.1. The van der Waals surface area contributed by atoms with Gasteiger partial charge in [0.15, 0.2) is 9.84 Å². The van der Waals surface area contributed by atoms with E-state index >= 15 is 0 Å². The van der Waals surface area contributed by atoms with Gasteiger partial charge in [0.2, 0.25) is 5.91 Å². The summed E-state index contributed by atoms with van der Waals surface area (Å²) in [4.78, 5) is 16.5. The SMILES string of the molecule is CC1(C)CS(=O)(=O)c2ccc(CC(=O)Nc3sc4c(c3C#N)CN(Cc3cccc(F)c3)CC4)cc21. The molecule has 0 unspecified atom stereocenters. The van der Waals surface area contributed by atoms with Crippen molar-refractivity contribution in [3.05, 3.63) is 81.0 Å². The minimum atomic E-state index is -3.30. The minimum Gasteiger partial charge on any atom is -0.316 e. The van der Waals surface area contributed by atoms with Crippen molar-refractivity contribution in [3.63, 3.8) is 0 Å². The van der Waals surface area contributed by atoms with Crippen molar-refractivity contribution in [2.75, 3.05) is 17.6 Å². The van der Waals surface area contributed by atoms with E-state index in [1.165, 1.54) is 23.5 Å². The number of fused-ring (bicyclic) bond motifs is 2. The van der Waals surface area contributed by atoms with E-state index in [0.717, 1.165) is 40.1 Å². The third kappa shape index (κ3) is 4.69. The minimum absolute atomic E-state index is 0.0630. The largest absolute Gasteiger partial charge is 0.316 e. The van der Waals surface area contributed by atoms with Crippen molar-refractivity contribution in [2.24, 2.45) is 0 Å².